The number of nitrogens with two attached hydrogens (primary N) is 1. The Kier molecular flexibility index (Phi) is 4.20. The number of hydrogen-bond donors (Lipinski definition) is 2. The molecule has 0 bridgehead atoms. The van der Waals surface area contributed by atoms with Crippen LogP contribution < -0.4 is 11.3 Å². The maximum atomic E-state index is 5.89. The lowest BCUT2D eigenvalue weighted by Crippen LogP contribution is -2.50. The van der Waals surface area contributed by atoms with Crippen molar-refractivity contribution in [2.45, 2.75) is 44.2 Å². The molecule has 0 amide bonds. The van der Waals surface area contributed by atoms with E-state index in [1.165, 1.54) is 17.7 Å². The predicted octanol–water partition coefficient (Wildman–Crippen LogP) is 2.85. The van der Waals surface area contributed by atoms with Crippen molar-refractivity contribution in [3.05, 3.63) is 22.4 Å². The van der Waals surface area contributed by atoms with Crippen LogP contribution in [0.3, 0.4) is 0 Å². The Morgan fingerprint density at radius 1 is 1.65 bits per heavy atom. The van der Waals surface area contributed by atoms with Crippen molar-refractivity contribution in [2.24, 2.45) is 11.8 Å². The van der Waals surface area contributed by atoms with Crippen LogP contribution in [-0.2, 0) is 4.74 Å². The first-order chi connectivity index (χ1) is 8.22. The van der Waals surface area contributed by atoms with E-state index in [2.05, 4.69) is 29.9 Å². The van der Waals surface area contributed by atoms with Crippen LogP contribution in [0.25, 0.3) is 0 Å². The van der Waals surface area contributed by atoms with Crippen LogP contribution >= 0.6 is 11.3 Å². The van der Waals surface area contributed by atoms with Gasteiger partial charge in [0.2, 0.25) is 0 Å². The number of methoxy groups -OCH3 is 1. The Morgan fingerprint density at radius 3 is 3.00 bits per heavy atom. The van der Waals surface area contributed by atoms with Crippen molar-refractivity contribution in [1.82, 2.24) is 5.43 Å². The third kappa shape index (κ3) is 2.55. The van der Waals surface area contributed by atoms with E-state index in [0.717, 1.165) is 12.8 Å². The topological polar surface area (TPSA) is 47.3 Å². The lowest BCUT2D eigenvalue weighted by molar-refractivity contribution is -0.0798. The molecule has 96 valence electrons. The second-order valence-electron chi connectivity index (χ2n) is 5.09. The number of nitrogens with one attached hydrogen (secondary N) is 1. The van der Waals surface area contributed by atoms with Gasteiger partial charge < -0.3 is 4.74 Å². The zero-order chi connectivity index (χ0) is 12.3. The third-order valence-electron chi connectivity index (χ3n) is 3.92. The summed E-state index contributed by atoms with van der Waals surface area (Å²) in [6.45, 7) is 2.30. The fraction of sp³-hybridized carbons (Fsp3) is 0.692. The fourth-order valence-electron chi connectivity index (χ4n) is 3.06. The third-order valence-corrected chi connectivity index (χ3v) is 4.86. The van der Waals surface area contributed by atoms with E-state index >= 15 is 0 Å². The number of ether oxygens (including phenoxy) is 1. The van der Waals surface area contributed by atoms with Gasteiger partial charge in [-0.25, -0.2) is 5.43 Å². The van der Waals surface area contributed by atoms with Crippen LogP contribution in [0, 0.1) is 5.92 Å². The molecular formula is C13H22N2OS. The first kappa shape index (κ1) is 13.0. The van der Waals surface area contributed by atoms with Gasteiger partial charge in [0.05, 0.1) is 11.6 Å². The minimum Gasteiger partial charge on any atom is -0.376 e. The molecule has 1 aromatic rings. The minimum atomic E-state index is -0.142. The van der Waals surface area contributed by atoms with Crippen LogP contribution in [0.5, 0.6) is 0 Å². The molecule has 1 aliphatic carbocycles. The summed E-state index contributed by atoms with van der Waals surface area (Å²) >= 11 is 1.74. The highest BCUT2D eigenvalue weighted by Crippen LogP contribution is 2.43. The zero-order valence-corrected chi connectivity index (χ0v) is 11.4. The smallest absolute Gasteiger partial charge is 0.0895 e. The Balaban J connectivity index is 2.25. The molecule has 3 N–H and O–H groups in total. The fourth-order valence-corrected chi connectivity index (χ4v) is 3.95. The highest BCUT2D eigenvalue weighted by atomic mass is 32.1. The average Bonchev–Trinajstić information content (AvgIpc) is 2.83. The van der Waals surface area contributed by atoms with Crippen LogP contribution in [0.15, 0.2) is 17.5 Å². The molecule has 0 radical (unpaired) electrons. The molecule has 1 aliphatic rings. The van der Waals surface area contributed by atoms with E-state index in [-0.39, 0.29) is 11.6 Å². The van der Waals surface area contributed by atoms with Gasteiger partial charge in [0.1, 0.15) is 0 Å². The van der Waals surface area contributed by atoms with Crippen LogP contribution in [-0.4, -0.2) is 12.7 Å². The second kappa shape index (κ2) is 5.48. The average molecular weight is 254 g/mol. The Bertz CT molecular complexity index is 341. The van der Waals surface area contributed by atoms with Gasteiger partial charge in [0, 0.05) is 12.0 Å². The largest absolute Gasteiger partial charge is 0.376 e. The second-order valence-corrected chi connectivity index (χ2v) is 6.06. The molecule has 1 saturated carbocycles. The maximum absolute atomic E-state index is 5.89. The van der Waals surface area contributed by atoms with Crippen LogP contribution in [0.1, 0.15) is 43.5 Å². The zero-order valence-electron chi connectivity index (χ0n) is 10.6. The van der Waals surface area contributed by atoms with E-state index in [1.807, 2.05) is 7.11 Å². The molecule has 3 nitrogen and oxygen atoms in total. The number of hydrazine groups is 1. The molecule has 1 fully saturated rings. The molecule has 0 spiro atoms. The van der Waals surface area contributed by atoms with Gasteiger partial charge in [0.15, 0.2) is 0 Å². The predicted molar refractivity (Wildman–Crippen MR) is 71.8 cm³/mol. The van der Waals surface area contributed by atoms with E-state index in [1.54, 1.807) is 11.3 Å². The van der Waals surface area contributed by atoms with Crippen molar-refractivity contribution in [3.8, 4) is 0 Å². The Hall–Kier alpha value is -0.420. The normalized spacial score (nSPS) is 31.4. The SMILES string of the molecule is COC1(C(NN)c2cccs2)CCCC(C)C1. The summed E-state index contributed by atoms with van der Waals surface area (Å²) < 4.78 is 5.89. The quantitative estimate of drug-likeness (QED) is 0.641. The standard InChI is InChI=1S/C13H22N2OS/c1-10-5-3-7-13(9-10,16-2)12(15-14)11-6-4-8-17-11/h4,6,8,10,12,15H,3,5,7,9,14H2,1-2H3. The first-order valence-electron chi connectivity index (χ1n) is 6.26. The van der Waals surface area contributed by atoms with Gasteiger partial charge in [-0.15, -0.1) is 11.3 Å². The van der Waals surface area contributed by atoms with Crippen molar-refractivity contribution in [3.63, 3.8) is 0 Å². The number of thiophene rings is 1. The number of hydrogen-bond acceptors (Lipinski definition) is 4. The van der Waals surface area contributed by atoms with Gasteiger partial charge in [0.25, 0.3) is 0 Å². The van der Waals surface area contributed by atoms with Gasteiger partial charge in [-0.05, 0) is 30.2 Å². The Labute approximate surface area is 107 Å². The molecule has 1 aromatic heterocycles. The van der Waals surface area contributed by atoms with E-state index in [0.29, 0.717) is 5.92 Å². The monoisotopic (exact) mass is 254 g/mol. The molecule has 3 unspecified atom stereocenters. The van der Waals surface area contributed by atoms with Gasteiger partial charge >= 0.3 is 0 Å². The van der Waals surface area contributed by atoms with Gasteiger partial charge in [-0.1, -0.05) is 25.8 Å². The van der Waals surface area contributed by atoms with E-state index < -0.39 is 0 Å². The van der Waals surface area contributed by atoms with Gasteiger partial charge in [-0.3, -0.25) is 5.84 Å². The number of rotatable bonds is 4. The molecule has 4 heteroatoms. The van der Waals surface area contributed by atoms with Crippen molar-refractivity contribution in [2.75, 3.05) is 7.11 Å². The van der Waals surface area contributed by atoms with Crippen LogP contribution in [0.4, 0.5) is 0 Å². The molecule has 17 heavy (non-hydrogen) atoms. The molecule has 0 aromatic carbocycles. The molecule has 1 heterocycles. The first-order valence-corrected chi connectivity index (χ1v) is 7.14. The molecule has 0 aliphatic heterocycles. The summed E-state index contributed by atoms with van der Waals surface area (Å²) in [6.07, 6.45) is 4.68. The molecule has 3 atom stereocenters. The molecular weight excluding hydrogens is 232 g/mol. The molecule has 0 saturated heterocycles. The van der Waals surface area contributed by atoms with Crippen molar-refractivity contribution in [1.29, 1.82) is 0 Å². The lowest BCUT2D eigenvalue weighted by atomic mass is 9.74. The maximum Gasteiger partial charge on any atom is 0.0895 e. The van der Waals surface area contributed by atoms with Crippen molar-refractivity contribution >= 4 is 11.3 Å². The minimum absolute atomic E-state index is 0.107. The highest BCUT2D eigenvalue weighted by molar-refractivity contribution is 7.10. The van der Waals surface area contributed by atoms with E-state index in [9.17, 15) is 0 Å². The van der Waals surface area contributed by atoms with Crippen molar-refractivity contribution < 1.29 is 4.74 Å². The molecule has 2 rings (SSSR count). The highest BCUT2D eigenvalue weighted by Gasteiger charge is 2.42. The summed E-state index contributed by atoms with van der Waals surface area (Å²) in [5, 5.41) is 2.09. The summed E-state index contributed by atoms with van der Waals surface area (Å²) in [5.41, 5.74) is 2.83. The summed E-state index contributed by atoms with van der Waals surface area (Å²) in [4.78, 5) is 1.27. The van der Waals surface area contributed by atoms with Gasteiger partial charge in [-0.2, -0.15) is 0 Å². The summed E-state index contributed by atoms with van der Waals surface area (Å²) in [6, 6.07) is 4.31. The summed E-state index contributed by atoms with van der Waals surface area (Å²) in [5.74, 6) is 6.49. The summed E-state index contributed by atoms with van der Waals surface area (Å²) in [7, 11) is 1.82. The Morgan fingerprint density at radius 2 is 2.47 bits per heavy atom. The van der Waals surface area contributed by atoms with E-state index in [4.69, 9.17) is 10.6 Å². The lowest BCUT2D eigenvalue weighted by Gasteiger charge is -2.44. The van der Waals surface area contributed by atoms with Crippen LogP contribution in [0.2, 0.25) is 0 Å².